The molecule has 1 saturated heterocycles. The molecule has 2 aliphatic rings. The Hall–Kier alpha value is -2.65. The summed E-state index contributed by atoms with van der Waals surface area (Å²) in [6.45, 7) is 4.26. The van der Waals surface area contributed by atoms with Crippen molar-refractivity contribution in [2.24, 2.45) is 5.73 Å². The van der Waals surface area contributed by atoms with E-state index in [0.29, 0.717) is 18.0 Å². The first-order chi connectivity index (χ1) is 15.3. The summed E-state index contributed by atoms with van der Waals surface area (Å²) < 4.78 is 7.47. The van der Waals surface area contributed by atoms with Crippen molar-refractivity contribution in [3.8, 4) is 0 Å². The van der Waals surface area contributed by atoms with Crippen molar-refractivity contribution in [3.05, 3.63) is 24.7 Å². The zero-order valence-corrected chi connectivity index (χ0v) is 18.3. The van der Waals surface area contributed by atoms with Gasteiger partial charge in [-0.1, -0.05) is 26.2 Å². The maximum absolute atomic E-state index is 5.45. The number of H-pyrrole nitrogens is 1. The second kappa shape index (κ2) is 10.6. The molecule has 0 radical (unpaired) electrons. The van der Waals surface area contributed by atoms with Crippen molar-refractivity contribution in [1.82, 2.24) is 24.7 Å². The van der Waals surface area contributed by atoms with Gasteiger partial charge in [0.1, 0.15) is 5.52 Å². The van der Waals surface area contributed by atoms with Gasteiger partial charge in [0.05, 0.1) is 23.4 Å². The van der Waals surface area contributed by atoms with Crippen LogP contribution in [0.4, 0.5) is 17.5 Å². The molecule has 3 aromatic rings. The SMILES string of the molecule is CCN.c1cc2nc(Nc3cnn(C4CCOCC4)c3)nc(NC3CCCCC3)c2[nH]1. The van der Waals surface area contributed by atoms with Gasteiger partial charge in [-0.15, -0.1) is 0 Å². The molecule has 4 heterocycles. The van der Waals surface area contributed by atoms with Crippen molar-refractivity contribution in [3.63, 3.8) is 0 Å². The van der Waals surface area contributed by atoms with Gasteiger partial charge in [-0.05, 0) is 38.3 Å². The summed E-state index contributed by atoms with van der Waals surface area (Å²) in [7, 11) is 0. The van der Waals surface area contributed by atoms with E-state index in [-0.39, 0.29) is 0 Å². The topological polar surface area (TPSA) is 119 Å². The third kappa shape index (κ3) is 5.54. The van der Waals surface area contributed by atoms with Gasteiger partial charge in [0.25, 0.3) is 0 Å². The van der Waals surface area contributed by atoms with Crippen LogP contribution in [-0.2, 0) is 4.74 Å². The first-order valence-electron chi connectivity index (χ1n) is 11.5. The summed E-state index contributed by atoms with van der Waals surface area (Å²) in [6, 6.07) is 2.87. The number of rotatable bonds is 5. The molecule has 2 fully saturated rings. The zero-order chi connectivity index (χ0) is 21.5. The summed E-state index contributed by atoms with van der Waals surface area (Å²) in [5.74, 6) is 1.47. The first kappa shape index (κ1) is 21.6. The molecule has 1 aliphatic heterocycles. The molecule has 0 atom stereocenters. The molecule has 5 rings (SSSR count). The van der Waals surface area contributed by atoms with Crippen molar-refractivity contribution in [1.29, 1.82) is 0 Å². The summed E-state index contributed by atoms with van der Waals surface area (Å²) in [5.41, 5.74) is 7.63. The Morgan fingerprint density at radius 3 is 2.71 bits per heavy atom. The van der Waals surface area contributed by atoms with Crippen molar-refractivity contribution in [2.45, 2.75) is 64.0 Å². The van der Waals surface area contributed by atoms with E-state index in [1.54, 1.807) is 0 Å². The number of nitrogens with two attached hydrogens (primary N) is 1. The number of fused-ring (bicyclic) bond motifs is 1. The molecule has 9 nitrogen and oxygen atoms in total. The molecule has 31 heavy (non-hydrogen) atoms. The molecule has 0 unspecified atom stereocenters. The van der Waals surface area contributed by atoms with Crippen molar-refractivity contribution >= 4 is 28.5 Å². The van der Waals surface area contributed by atoms with E-state index in [2.05, 4.69) is 25.7 Å². The van der Waals surface area contributed by atoms with Crippen LogP contribution < -0.4 is 16.4 Å². The largest absolute Gasteiger partial charge is 0.381 e. The predicted molar refractivity (Wildman–Crippen MR) is 124 cm³/mol. The van der Waals surface area contributed by atoms with Crippen LogP contribution in [0.2, 0.25) is 0 Å². The quantitative estimate of drug-likeness (QED) is 0.487. The Balaban J connectivity index is 0.000000730. The molecule has 0 bridgehead atoms. The smallest absolute Gasteiger partial charge is 0.229 e. The molecule has 0 amide bonds. The highest BCUT2D eigenvalue weighted by atomic mass is 16.5. The summed E-state index contributed by atoms with van der Waals surface area (Å²) in [5, 5.41) is 11.5. The molecule has 3 aromatic heterocycles. The van der Waals surface area contributed by atoms with Gasteiger partial charge in [-0.25, -0.2) is 4.98 Å². The molecule has 1 aliphatic carbocycles. The highest BCUT2D eigenvalue weighted by molar-refractivity contribution is 5.87. The number of aromatic nitrogens is 5. The van der Waals surface area contributed by atoms with E-state index in [0.717, 1.165) is 55.1 Å². The van der Waals surface area contributed by atoms with Crippen LogP contribution in [0.1, 0.15) is 57.9 Å². The normalized spacial score (nSPS) is 17.9. The number of anilines is 3. The van der Waals surface area contributed by atoms with E-state index in [9.17, 15) is 0 Å². The van der Waals surface area contributed by atoms with Crippen LogP contribution in [-0.4, -0.2) is 50.5 Å². The lowest BCUT2D eigenvalue weighted by Crippen LogP contribution is -2.23. The monoisotopic (exact) mass is 426 g/mol. The number of ether oxygens (including phenoxy) is 1. The van der Waals surface area contributed by atoms with E-state index < -0.39 is 0 Å². The minimum absolute atomic E-state index is 0.404. The zero-order valence-electron chi connectivity index (χ0n) is 18.3. The molecular weight excluding hydrogens is 392 g/mol. The van der Waals surface area contributed by atoms with E-state index >= 15 is 0 Å². The summed E-state index contributed by atoms with van der Waals surface area (Å²) in [4.78, 5) is 12.7. The van der Waals surface area contributed by atoms with Gasteiger partial charge in [0, 0.05) is 31.6 Å². The van der Waals surface area contributed by atoms with Gasteiger partial charge in [-0.3, -0.25) is 4.68 Å². The number of hydrogen-bond donors (Lipinski definition) is 4. The third-order valence-electron chi connectivity index (χ3n) is 5.77. The highest BCUT2D eigenvalue weighted by Crippen LogP contribution is 2.27. The van der Waals surface area contributed by atoms with Gasteiger partial charge in [0.15, 0.2) is 5.82 Å². The van der Waals surface area contributed by atoms with Gasteiger partial charge in [-0.2, -0.15) is 10.1 Å². The van der Waals surface area contributed by atoms with E-state index in [1.165, 1.54) is 32.1 Å². The lowest BCUT2D eigenvalue weighted by molar-refractivity contribution is 0.0662. The van der Waals surface area contributed by atoms with Gasteiger partial charge < -0.3 is 26.1 Å². The summed E-state index contributed by atoms with van der Waals surface area (Å²) in [6.07, 6.45) is 14.1. The molecule has 1 saturated carbocycles. The minimum Gasteiger partial charge on any atom is -0.381 e. The number of hydrogen-bond acceptors (Lipinski definition) is 7. The Labute approximate surface area is 183 Å². The molecule has 9 heteroatoms. The maximum atomic E-state index is 5.45. The van der Waals surface area contributed by atoms with Crippen LogP contribution >= 0.6 is 0 Å². The number of nitrogens with one attached hydrogen (secondary N) is 3. The molecular formula is C22H34N8O. The Morgan fingerprint density at radius 1 is 1.16 bits per heavy atom. The Morgan fingerprint density at radius 2 is 1.94 bits per heavy atom. The van der Waals surface area contributed by atoms with Gasteiger partial charge >= 0.3 is 0 Å². The standard InChI is InChI=1S/C20H27N7O.C2H7N/c1-2-4-14(5-3-1)23-19-18-17(6-9-21-18)25-20(26-19)24-15-12-22-27(13-15)16-7-10-28-11-8-16;1-2-3/h6,9,12-14,16,21H,1-5,7-8,10-11H2,(H2,23,24,25,26);2-3H2,1H3. The fourth-order valence-electron chi connectivity index (χ4n) is 4.23. The second-order valence-electron chi connectivity index (χ2n) is 8.20. The van der Waals surface area contributed by atoms with Crippen molar-refractivity contribution < 1.29 is 4.74 Å². The average molecular weight is 427 g/mol. The molecule has 5 N–H and O–H groups in total. The van der Waals surface area contributed by atoms with E-state index in [4.69, 9.17) is 15.5 Å². The highest BCUT2D eigenvalue weighted by Gasteiger charge is 2.18. The third-order valence-corrected chi connectivity index (χ3v) is 5.77. The second-order valence-corrected chi connectivity index (χ2v) is 8.20. The number of nitrogens with zero attached hydrogens (tertiary/aromatic N) is 4. The Kier molecular flexibility index (Phi) is 7.37. The fourth-order valence-corrected chi connectivity index (χ4v) is 4.23. The minimum atomic E-state index is 0.404. The van der Waals surface area contributed by atoms with E-state index in [1.807, 2.05) is 36.3 Å². The first-order valence-corrected chi connectivity index (χ1v) is 11.5. The molecule has 0 spiro atoms. The average Bonchev–Trinajstić information content (AvgIpc) is 3.46. The number of aromatic amines is 1. The lowest BCUT2D eigenvalue weighted by Gasteiger charge is -2.23. The van der Waals surface area contributed by atoms with Crippen LogP contribution in [0.25, 0.3) is 11.0 Å². The maximum Gasteiger partial charge on any atom is 0.229 e. The lowest BCUT2D eigenvalue weighted by atomic mass is 9.95. The van der Waals surface area contributed by atoms with Crippen LogP contribution in [0.5, 0.6) is 0 Å². The molecule has 0 aromatic carbocycles. The van der Waals surface area contributed by atoms with Crippen molar-refractivity contribution in [2.75, 3.05) is 30.4 Å². The van der Waals surface area contributed by atoms with Crippen LogP contribution in [0.15, 0.2) is 24.7 Å². The predicted octanol–water partition coefficient (Wildman–Crippen LogP) is 3.96. The fraction of sp³-hybridized carbons (Fsp3) is 0.591. The molecule has 168 valence electrons. The van der Waals surface area contributed by atoms with Crippen LogP contribution in [0, 0.1) is 0 Å². The van der Waals surface area contributed by atoms with Gasteiger partial charge in [0.2, 0.25) is 5.95 Å². The Bertz CT molecular complexity index is 940. The van der Waals surface area contributed by atoms with Crippen LogP contribution in [0.3, 0.4) is 0 Å². The summed E-state index contributed by atoms with van der Waals surface area (Å²) >= 11 is 0.